The number of aromatic nitrogens is 4. The zero-order valence-electron chi connectivity index (χ0n) is 17.4. The maximum absolute atomic E-state index is 12.3. The summed E-state index contributed by atoms with van der Waals surface area (Å²) in [6.45, 7) is 15.2. The Kier molecular flexibility index (Phi) is 8.87. The number of aromatic amines is 2. The van der Waals surface area contributed by atoms with E-state index in [0.717, 1.165) is 17.0 Å². The highest BCUT2D eigenvalue weighted by Crippen LogP contribution is 2.16. The SMILES string of the molecule is C=C/C(C)=C\c1nc(Nc2nc(C)c(CC(=O)OCC)c(=O)[nH]2)[nH]c1C.CC. The second kappa shape index (κ2) is 10.9. The van der Waals surface area contributed by atoms with E-state index in [9.17, 15) is 9.59 Å². The molecule has 8 heteroatoms. The fraction of sp³-hybridized carbons (Fsp3) is 0.400. The number of carbonyl (C=O) groups excluding carboxylic acids is 1. The van der Waals surface area contributed by atoms with Crippen molar-refractivity contribution in [2.24, 2.45) is 0 Å². The summed E-state index contributed by atoms with van der Waals surface area (Å²) in [5.74, 6) is 0.232. The Hall–Kier alpha value is -3.16. The summed E-state index contributed by atoms with van der Waals surface area (Å²) < 4.78 is 4.88. The summed E-state index contributed by atoms with van der Waals surface area (Å²) >= 11 is 0. The Morgan fingerprint density at radius 2 is 1.86 bits per heavy atom. The molecule has 0 atom stereocenters. The number of allylic oxidation sites excluding steroid dienone is 2. The van der Waals surface area contributed by atoms with Gasteiger partial charge < -0.3 is 9.72 Å². The van der Waals surface area contributed by atoms with E-state index in [2.05, 4.69) is 31.8 Å². The molecular weight excluding hydrogens is 358 g/mol. The van der Waals surface area contributed by atoms with Crippen LogP contribution < -0.4 is 10.9 Å². The lowest BCUT2D eigenvalue weighted by Gasteiger charge is -2.07. The number of nitrogens with zero attached hydrogens (tertiary/aromatic N) is 2. The van der Waals surface area contributed by atoms with Crippen molar-refractivity contribution in [1.29, 1.82) is 0 Å². The highest BCUT2D eigenvalue weighted by Gasteiger charge is 2.14. The molecule has 0 aromatic carbocycles. The molecule has 0 radical (unpaired) electrons. The summed E-state index contributed by atoms with van der Waals surface area (Å²) in [5.41, 5.74) is 2.97. The van der Waals surface area contributed by atoms with Crippen LogP contribution in [0.2, 0.25) is 0 Å². The Morgan fingerprint density at radius 3 is 2.43 bits per heavy atom. The Morgan fingerprint density at radius 1 is 1.21 bits per heavy atom. The number of carbonyl (C=O) groups is 1. The summed E-state index contributed by atoms with van der Waals surface area (Å²) in [6.07, 6.45) is 3.53. The fourth-order valence-corrected chi connectivity index (χ4v) is 2.29. The number of H-pyrrole nitrogens is 2. The average molecular weight is 387 g/mol. The lowest BCUT2D eigenvalue weighted by atomic mass is 10.2. The zero-order chi connectivity index (χ0) is 21.3. The largest absolute Gasteiger partial charge is 0.466 e. The Bertz CT molecular complexity index is 909. The molecule has 0 aliphatic heterocycles. The van der Waals surface area contributed by atoms with Gasteiger partial charge in [-0.1, -0.05) is 26.5 Å². The summed E-state index contributed by atoms with van der Waals surface area (Å²) in [5, 5.41) is 2.94. The number of hydrogen-bond donors (Lipinski definition) is 3. The summed E-state index contributed by atoms with van der Waals surface area (Å²) in [4.78, 5) is 38.3. The first-order chi connectivity index (χ1) is 13.3. The van der Waals surface area contributed by atoms with Gasteiger partial charge in [0.05, 0.1) is 24.4 Å². The molecular formula is C20H29N5O3. The summed E-state index contributed by atoms with van der Waals surface area (Å²) in [6, 6.07) is 0. The van der Waals surface area contributed by atoms with Crippen molar-refractivity contribution in [3.8, 4) is 0 Å². The van der Waals surface area contributed by atoms with E-state index in [1.165, 1.54) is 0 Å². The van der Waals surface area contributed by atoms with Crippen LogP contribution in [0.4, 0.5) is 11.9 Å². The van der Waals surface area contributed by atoms with Crippen molar-refractivity contribution >= 4 is 23.9 Å². The monoisotopic (exact) mass is 387 g/mol. The molecule has 2 heterocycles. The standard InChI is InChI=1S/C18H23N5O3.C2H6/c1-6-10(3)8-14-12(5)20-17(21-14)23-18-19-11(4)13(16(25)22-18)9-15(24)26-7-2;1-2/h6,8H,1,7,9H2,2-5H3,(H3,19,20,21,22,23,25);1-2H3/b10-8-;. The lowest BCUT2D eigenvalue weighted by Crippen LogP contribution is -2.22. The van der Waals surface area contributed by atoms with Crippen LogP contribution in [0.3, 0.4) is 0 Å². The van der Waals surface area contributed by atoms with Crippen molar-refractivity contribution in [2.75, 3.05) is 11.9 Å². The van der Waals surface area contributed by atoms with E-state index in [1.807, 2.05) is 33.8 Å². The number of rotatable bonds is 7. The topological polar surface area (TPSA) is 113 Å². The first kappa shape index (κ1) is 22.9. The van der Waals surface area contributed by atoms with Crippen LogP contribution in [0.1, 0.15) is 50.3 Å². The van der Waals surface area contributed by atoms with Gasteiger partial charge in [-0.05, 0) is 39.3 Å². The molecule has 152 valence electrons. The molecule has 0 saturated carbocycles. The molecule has 28 heavy (non-hydrogen) atoms. The molecule has 0 unspecified atom stereocenters. The smallest absolute Gasteiger partial charge is 0.310 e. The van der Waals surface area contributed by atoms with Crippen molar-refractivity contribution in [1.82, 2.24) is 19.9 Å². The van der Waals surface area contributed by atoms with E-state index in [4.69, 9.17) is 4.74 Å². The zero-order valence-corrected chi connectivity index (χ0v) is 17.4. The van der Waals surface area contributed by atoms with Gasteiger partial charge >= 0.3 is 5.97 Å². The van der Waals surface area contributed by atoms with Gasteiger partial charge in [-0.3, -0.25) is 19.9 Å². The molecule has 0 amide bonds. The lowest BCUT2D eigenvalue weighted by molar-refractivity contribution is -0.142. The van der Waals surface area contributed by atoms with E-state index >= 15 is 0 Å². The Labute approximate surface area is 165 Å². The minimum Gasteiger partial charge on any atom is -0.466 e. The molecule has 0 saturated heterocycles. The number of esters is 1. The van der Waals surface area contributed by atoms with E-state index in [0.29, 0.717) is 11.6 Å². The van der Waals surface area contributed by atoms with Crippen molar-refractivity contribution < 1.29 is 9.53 Å². The second-order valence-corrected chi connectivity index (χ2v) is 5.77. The normalized spacial score (nSPS) is 10.7. The van der Waals surface area contributed by atoms with Gasteiger partial charge in [-0.25, -0.2) is 9.97 Å². The van der Waals surface area contributed by atoms with Crippen LogP contribution in [0.25, 0.3) is 6.08 Å². The third-order valence-electron chi connectivity index (χ3n) is 3.69. The molecule has 0 aliphatic carbocycles. The predicted molar refractivity (Wildman–Crippen MR) is 112 cm³/mol. The second-order valence-electron chi connectivity index (χ2n) is 5.77. The molecule has 3 N–H and O–H groups in total. The van der Waals surface area contributed by atoms with Crippen LogP contribution in [0.15, 0.2) is 23.0 Å². The maximum atomic E-state index is 12.3. The van der Waals surface area contributed by atoms with Crippen molar-refractivity contribution in [2.45, 2.75) is 48.0 Å². The van der Waals surface area contributed by atoms with Crippen LogP contribution in [-0.4, -0.2) is 32.5 Å². The molecule has 2 aromatic rings. The van der Waals surface area contributed by atoms with Gasteiger partial charge in [0, 0.05) is 11.3 Å². The maximum Gasteiger partial charge on any atom is 0.310 e. The predicted octanol–water partition coefficient (Wildman–Crippen LogP) is 3.57. The molecule has 0 bridgehead atoms. The van der Waals surface area contributed by atoms with Crippen molar-refractivity contribution in [3.63, 3.8) is 0 Å². The van der Waals surface area contributed by atoms with Gasteiger partial charge in [-0.2, -0.15) is 0 Å². The van der Waals surface area contributed by atoms with Gasteiger partial charge in [0.25, 0.3) is 5.56 Å². The number of nitrogens with one attached hydrogen (secondary N) is 3. The average Bonchev–Trinajstić information content (AvgIpc) is 2.99. The fourth-order valence-electron chi connectivity index (χ4n) is 2.29. The molecule has 2 aromatic heterocycles. The molecule has 0 aliphatic rings. The number of ether oxygens (including phenoxy) is 1. The third-order valence-corrected chi connectivity index (χ3v) is 3.69. The number of aryl methyl sites for hydroxylation is 2. The Balaban J connectivity index is 0.00000190. The third kappa shape index (κ3) is 6.22. The van der Waals surface area contributed by atoms with Crippen LogP contribution in [-0.2, 0) is 16.0 Å². The van der Waals surface area contributed by atoms with Gasteiger partial charge in [0.2, 0.25) is 11.9 Å². The van der Waals surface area contributed by atoms with Crippen LogP contribution >= 0.6 is 0 Å². The van der Waals surface area contributed by atoms with E-state index in [-0.39, 0.29) is 30.1 Å². The van der Waals surface area contributed by atoms with Crippen LogP contribution in [0.5, 0.6) is 0 Å². The minimum absolute atomic E-state index is 0.113. The van der Waals surface area contributed by atoms with Gasteiger partial charge in [-0.15, -0.1) is 0 Å². The van der Waals surface area contributed by atoms with Crippen molar-refractivity contribution in [3.05, 3.63) is 51.2 Å². The van der Waals surface area contributed by atoms with Crippen LogP contribution in [0, 0.1) is 13.8 Å². The number of anilines is 2. The molecule has 0 fully saturated rings. The first-order valence-electron chi connectivity index (χ1n) is 9.23. The molecule has 0 spiro atoms. The number of imidazole rings is 1. The highest BCUT2D eigenvalue weighted by molar-refractivity contribution is 5.72. The molecule has 8 nitrogen and oxygen atoms in total. The van der Waals surface area contributed by atoms with Gasteiger partial charge in [0.15, 0.2) is 0 Å². The number of hydrogen-bond acceptors (Lipinski definition) is 6. The summed E-state index contributed by atoms with van der Waals surface area (Å²) in [7, 11) is 0. The van der Waals surface area contributed by atoms with E-state index < -0.39 is 5.97 Å². The van der Waals surface area contributed by atoms with E-state index in [1.54, 1.807) is 19.9 Å². The van der Waals surface area contributed by atoms with Gasteiger partial charge in [0.1, 0.15) is 0 Å². The minimum atomic E-state index is -0.459. The molecule has 2 rings (SSSR count). The quantitative estimate of drug-likeness (QED) is 0.494. The highest BCUT2D eigenvalue weighted by atomic mass is 16.5. The first-order valence-corrected chi connectivity index (χ1v) is 9.23.